The van der Waals surface area contributed by atoms with Crippen molar-refractivity contribution in [2.75, 3.05) is 26.2 Å². The second-order valence-corrected chi connectivity index (χ2v) is 6.45. The number of amides is 1. The molecule has 1 atom stereocenters. The normalized spacial score (nSPS) is 18.9. The molecule has 0 spiro atoms. The first kappa shape index (κ1) is 15.9. The van der Waals surface area contributed by atoms with Crippen LogP contribution in [0.4, 0.5) is 0 Å². The zero-order valence-corrected chi connectivity index (χ0v) is 14.5. The van der Waals surface area contributed by atoms with Crippen LogP contribution in [0.1, 0.15) is 30.6 Å². The lowest BCUT2D eigenvalue weighted by Gasteiger charge is -2.26. The van der Waals surface area contributed by atoms with E-state index in [4.69, 9.17) is 0 Å². The second kappa shape index (κ2) is 6.96. The van der Waals surface area contributed by atoms with E-state index < -0.39 is 0 Å². The summed E-state index contributed by atoms with van der Waals surface area (Å²) in [6.45, 7) is 8.09. The average Bonchev–Trinajstić information content (AvgIpc) is 2.92. The molecule has 1 unspecified atom stereocenters. The minimum absolute atomic E-state index is 0.0995. The summed E-state index contributed by atoms with van der Waals surface area (Å²) in [5, 5.41) is 0. The molecule has 1 aliphatic rings. The van der Waals surface area contributed by atoms with Crippen molar-refractivity contribution in [1.29, 1.82) is 0 Å². The van der Waals surface area contributed by atoms with Gasteiger partial charge in [-0.2, -0.15) is 0 Å². The summed E-state index contributed by atoms with van der Waals surface area (Å²) < 4.78 is 0.839. The van der Waals surface area contributed by atoms with E-state index in [9.17, 15) is 4.79 Å². The van der Waals surface area contributed by atoms with Gasteiger partial charge in [-0.15, -0.1) is 12.6 Å². The number of halogens is 1. The van der Waals surface area contributed by atoms with E-state index in [1.807, 2.05) is 23.1 Å². The number of thiol groups is 1. The SMILES string of the molecule is CCN(CC)C1CCN(C(=O)c2cc(S)ccc2Br)C1. The van der Waals surface area contributed by atoms with Gasteiger partial charge in [0, 0.05) is 28.5 Å². The first-order valence-corrected chi connectivity index (χ1v) is 8.32. The highest BCUT2D eigenvalue weighted by Crippen LogP contribution is 2.24. The summed E-state index contributed by atoms with van der Waals surface area (Å²) in [7, 11) is 0. The molecule has 0 saturated carbocycles. The third-order valence-electron chi connectivity index (χ3n) is 3.96. The molecular weight excluding hydrogens is 336 g/mol. The van der Waals surface area contributed by atoms with Gasteiger partial charge in [0.15, 0.2) is 0 Å². The van der Waals surface area contributed by atoms with E-state index in [2.05, 4.69) is 47.3 Å². The number of carbonyl (C=O) groups excluding carboxylic acids is 1. The highest BCUT2D eigenvalue weighted by molar-refractivity contribution is 9.10. The quantitative estimate of drug-likeness (QED) is 0.836. The fourth-order valence-corrected chi connectivity index (χ4v) is 3.43. The number of hydrogen-bond donors (Lipinski definition) is 1. The second-order valence-electron chi connectivity index (χ2n) is 5.08. The summed E-state index contributed by atoms with van der Waals surface area (Å²) in [4.78, 5) is 17.8. The van der Waals surface area contributed by atoms with Gasteiger partial charge in [0.25, 0.3) is 5.91 Å². The number of benzene rings is 1. The van der Waals surface area contributed by atoms with Crippen LogP contribution in [0.3, 0.4) is 0 Å². The Morgan fingerprint density at radius 1 is 1.45 bits per heavy atom. The molecule has 1 amide bonds. The van der Waals surface area contributed by atoms with Gasteiger partial charge in [0.05, 0.1) is 5.56 Å². The molecule has 5 heteroatoms. The zero-order valence-electron chi connectivity index (χ0n) is 12.0. The van der Waals surface area contributed by atoms with Crippen molar-refractivity contribution in [3.8, 4) is 0 Å². The van der Waals surface area contributed by atoms with Gasteiger partial charge in [-0.1, -0.05) is 13.8 Å². The highest BCUT2D eigenvalue weighted by atomic mass is 79.9. The monoisotopic (exact) mass is 356 g/mol. The Hall–Kier alpha value is -0.520. The van der Waals surface area contributed by atoms with Gasteiger partial charge < -0.3 is 4.90 Å². The Kier molecular flexibility index (Phi) is 5.52. The van der Waals surface area contributed by atoms with Crippen molar-refractivity contribution in [3.63, 3.8) is 0 Å². The Labute approximate surface area is 134 Å². The Bertz CT molecular complexity index is 491. The van der Waals surface area contributed by atoms with Crippen molar-refractivity contribution in [2.24, 2.45) is 0 Å². The van der Waals surface area contributed by atoms with E-state index in [-0.39, 0.29) is 5.91 Å². The van der Waals surface area contributed by atoms with Gasteiger partial charge in [-0.05, 0) is 53.6 Å². The molecule has 1 aliphatic heterocycles. The first-order chi connectivity index (χ1) is 9.56. The van der Waals surface area contributed by atoms with Crippen LogP contribution in [0.25, 0.3) is 0 Å². The van der Waals surface area contributed by atoms with Gasteiger partial charge in [0.1, 0.15) is 0 Å². The topological polar surface area (TPSA) is 23.6 Å². The van der Waals surface area contributed by atoms with Crippen molar-refractivity contribution < 1.29 is 4.79 Å². The maximum Gasteiger partial charge on any atom is 0.255 e. The lowest BCUT2D eigenvalue weighted by atomic mass is 10.2. The smallest absolute Gasteiger partial charge is 0.255 e. The summed E-state index contributed by atoms with van der Waals surface area (Å²) in [5.74, 6) is 0.0995. The molecule has 0 aliphatic carbocycles. The van der Waals surface area contributed by atoms with Crippen molar-refractivity contribution in [3.05, 3.63) is 28.2 Å². The molecule has 3 nitrogen and oxygen atoms in total. The summed E-state index contributed by atoms with van der Waals surface area (Å²) in [6, 6.07) is 6.09. The fourth-order valence-electron chi connectivity index (χ4n) is 2.81. The molecule has 1 fully saturated rings. The molecule has 20 heavy (non-hydrogen) atoms. The summed E-state index contributed by atoms with van der Waals surface area (Å²) >= 11 is 7.78. The van der Waals surface area contributed by atoms with Crippen LogP contribution in [-0.4, -0.2) is 47.9 Å². The Balaban J connectivity index is 2.10. The van der Waals surface area contributed by atoms with Crippen LogP contribution in [-0.2, 0) is 0 Å². The molecule has 110 valence electrons. The number of likely N-dealkylation sites (N-methyl/N-ethyl adjacent to an activating group) is 1. The maximum absolute atomic E-state index is 12.6. The van der Waals surface area contributed by atoms with Gasteiger partial charge in [-0.25, -0.2) is 0 Å². The van der Waals surface area contributed by atoms with E-state index in [0.29, 0.717) is 11.6 Å². The van der Waals surface area contributed by atoms with Crippen molar-refractivity contribution >= 4 is 34.5 Å². The lowest BCUT2D eigenvalue weighted by molar-refractivity contribution is 0.0777. The van der Waals surface area contributed by atoms with E-state index in [0.717, 1.165) is 42.0 Å². The van der Waals surface area contributed by atoms with E-state index in [1.54, 1.807) is 0 Å². The Morgan fingerprint density at radius 2 is 2.15 bits per heavy atom. The number of rotatable bonds is 4. The summed E-state index contributed by atoms with van der Waals surface area (Å²) in [6.07, 6.45) is 1.06. The van der Waals surface area contributed by atoms with E-state index in [1.165, 1.54) is 0 Å². The fraction of sp³-hybridized carbons (Fsp3) is 0.533. The zero-order chi connectivity index (χ0) is 14.7. The third kappa shape index (κ3) is 3.38. The van der Waals surface area contributed by atoms with Gasteiger partial charge in [-0.3, -0.25) is 9.69 Å². The minimum Gasteiger partial charge on any atom is -0.337 e. The average molecular weight is 357 g/mol. The molecule has 1 aromatic carbocycles. The first-order valence-electron chi connectivity index (χ1n) is 7.08. The lowest BCUT2D eigenvalue weighted by Crippen LogP contribution is -2.38. The maximum atomic E-state index is 12.6. The molecule has 2 rings (SSSR count). The van der Waals surface area contributed by atoms with Crippen LogP contribution < -0.4 is 0 Å². The standard InChI is InChI=1S/C15H21BrN2OS/c1-3-17(4-2)11-7-8-18(10-11)15(19)13-9-12(20)5-6-14(13)16/h5-6,9,11,20H,3-4,7-8,10H2,1-2H3. The van der Waals surface area contributed by atoms with Gasteiger partial charge >= 0.3 is 0 Å². The number of carbonyl (C=O) groups is 1. The summed E-state index contributed by atoms with van der Waals surface area (Å²) in [5.41, 5.74) is 0.706. The molecule has 1 aromatic rings. The molecule has 0 bridgehead atoms. The van der Waals surface area contributed by atoms with Crippen LogP contribution in [0.2, 0.25) is 0 Å². The van der Waals surface area contributed by atoms with Crippen LogP contribution in [0, 0.1) is 0 Å². The van der Waals surface area contributed by atoms with Crippen LogP contribution >= 0.6 is 28.6 Å². The molecule has 0 aromatic heterocycles. The predicted octanol–water partition coefficient (Wildman–Crippen LogP) is 3.29. The number of likely N-dealkylation sites (tertiary alicyclic amines) is 1. The molecule has 1 saturated heterocycles. The molecule has 1 heterocycles. The predicted molar refractivity (Wildman–Crippen MR) is 88.6 cm³/mol. The van der Waals surface area contributed by atoms with E-state index >= 15 is 0 Å². The third-order valence-corrected chi connectivity index (χ3v) is 4.93. The largest absolute Gasteiger partial charge is 0.337 e. The van der Waals surface area contributed by atoms with Gasteiger partial charge in [0.2, 0.25) is 0 Å². The number of hydrogen-bond acceptors (Lipinski definition) is 3. The Morgan fingerprint density at radius 3 is 2.80 bits per heavy atom. The molecule has 0 N–H and O–H groups in total. The van der Waals surface area contributed by atoms with Crippen molar-refractivity contribution in [1.82, 2.24) is 9.80 Å². The number of nitrogens with zero attached hydrogens (tertiary/aromatic N) is 2. The molecular formula is C15H21BrN2OS. The van der Waals surface area contributed by atoms with Crippen LogP contribution in [0.15, 0.2) is 27.6 Å². The highest BCUT2D eigenvalue weighted by Gasteiger charge is 2.30. The minimum atomic E-state index is 0.0995. The van der Waals surface area contributed by atoms with Crippen molar-refractivity contribution in [2.45, 2.75) is 31.2 Å². The molecule has 0 radical (unpaired) electrons. The van der Waals surface area contributed by atoms with Crippen LogP contribution in [0.5, 0.6) is 0 Å².